The van der Waals surface area contributed by atoms with Gasteiger partial charge in [0.1, 0.15) is 12.1 Å². The fraction of sp³-hybridized carbons (Fsp3) is 0.480. The molecule has 8 nitrogen and oxygen atoms in total. The zero-order chi connectivity index (χ0) is 24.6. The van der Waals surface area contributed by atoms with Crippen LogP contribution in [0, 0.1) is 11.3 Å². The van der Waals surface area contributed by atoms with E-state index in [1.165, 1.54) is 0 Å². The van der Waals surface area contributed by atoms with E-state index in [1.54, 1.807) is 19.3 Å². The first-order valence-corrected chi connectivity index (χ1v) is 11.2. The quantitative estimate of drug-likeness (QED) is 0.323. The summed E-state index contributed by atoms with van der Waals surface area (Å²) in [6.45, 7) is 9.66. The van der Waals surface area contributed by atoms with E-state index in [9.17, 15) is 19.6 Å². The molecule has 3 atom stereocenters. The molecular weight excluding hydrogens is 422 g/mol. The second-order valence-corrected chi connectivity index (χ2v) is 9.05. The zero-order valence-corrected chi connectivity index (χ0v) is 20.0. The van der Waals surface area contributed by atoms with Gasteiger partial charge >= 0.3 is 0 Å². The van der Waals surface area contributed by atoms with Crippen LogP contribution in [-0.2, 0) is 25.5 Å². The van der Waals surface area contributed by atoms with Gasteiger partial charge in [0, 0.05) is 13.2 Å². The maximum atomic E-state index is 13.5. The van der Waals surface area contributed by atoms with Crippen molar-refractivity contribution in [2.75, 3.05) is 13.2 Å². The van der Waals surface area contributed by atoms with Gasteiger partial charge in [-0.25, -0.2) is 5.48 Å². The fourth-order valence-electron chi connectivity index (χ4n) is 3.78. The number of hydroxylamine groups is 1. The zero-order valence-electron chi connectivity index (χ0n) is 20.0. The highest BCUT2D eigenvalue weighted by Crippen LogP contribution is 2.24. The lowest BCUT2D eigenvalue weighted by Crippen LogP contribution is -2.57. The summed E-state index contributed by atoms with van der Waals surface area (Å²) >= 11 is 0. The van der Waals surface area contributed by atoms with Gasteiger partial charge in [0.2, 0.25) is 11.8 Å². The molecule has 0 aliphatic heterocycles. The van der Waals surface area contributed by atoms with Crippen molar-refractivity contribution in [1.82, 2.24) is 16.1 Å². The van der Waals surface area contributed by atoms with Gasteiger partial charge in [-0.3, -0.25) is 19.6 Å². The summed E-state index contributed by atoms with van der Waals surface area (Å²) < 4.78 is 5.58. The molecule has 0 aromatic heterocycles. The van der Waals surface area contributed by atoms with E-state index in [-0.39, 0.29) is 18.9 Å². The van der Waals surface area contributed by atoms with Crippen LogP contribution in [0.1, 0.15) is 40.2 Å². The third kappa shape index (κ3) is 7.00. The van der Waals surface area contributed by atoms with Gasteiger partial charge in [-0.2, -0.15) is 0 Å². The third-order valence-electron chi connectivity index (χ3n) is 5.45. The number of fused-ring (bicyclic) bond motifs is 1. The normalized spacial score (nSPS) is 14.2. The smallest absolute Gasteiger partial charge is 0.273 e. The van der Waals surface area contributed by atoms with E-state index in [0.717, 1.165) is 16.3 Å². The molecule has 0 saturated carbocycles. The summed E-state index contributed by atoms with van der Waals surface area (Å²) in [6, 6.07) is 12.8. The summed E-state index contributed by atoms with van der Waals surface area (Å²) in [5.41, 5.74) is 1.87. The number of rotatable bonds is 10. The molecule has 0 radical (unpaired) electrons. The van der Waals surface area contributed by atoms with Crippen molar-refractivity contribution in [3.05, 3.63) is 48.0 Å². The molecule has 3 amide bonds. The lowest BCUT2D eigenvalue weighted by Gasteiger charge is -2.33. The Morgan fingerprint density at radius 3 is 2.21 bits per heavy atom. The molecule has 0 saturated heterocycles. The average molecular weight is 458 g/mol. The number of benzene rings is 2. The summed E-state index contributed by atoms with van der Waals surface area (Å²) in [5.74, 6) is -2.60. The lowest BCUT2D eigenvalue weighted by molar-refractivity contribution is -0.151. The van der Waals surface area contributed by atoms with Crippen LogP contribution >= 0.6 is 0 Å². The first-order chi connectivity index (χ1) is 15.6. The molecule has 2 aromatic rings. The van der Waals surface area contributed by atoms with Crippen molar-refractivity contribution < 1.29 is 24.3 Å². The monoisotopic (exact) mass is 457 g/mol. The number of hydrogen-bond acceptors (Lipinski definition) is 5. The molecular formula is C25H35N3O5. The Morgan fingerprint density at radius 1 is 0.970 bits per heavy atom. The summed E-state index contributed by atoms with van der Waals surface area (Å²) in [6.07, 6.45) is -1.05. The van der Waals surface area contributed by atoms with Crippen molar-refractivity contribution in [2.45, 2.75) is 53.2 Å². The second-order valence-electron chi connectivity index (χ2n) is 9.05. The van der Waals surface area contributed by atoms with E-state index >= 15 is 0 Å². The fourth-order valence-corrected chi connectivity index (χ4v) is 3.78. The highest BCUT2D eigenvalue weighted by atomic mass is 16.5. The van der Waals surface area contributed by atoms with Crippen LogP contribution in [-0.4, -0.2) is 48.2 Å². The van der Waals surface area contributed by atoms with E-state index in [1.807, 2.05) is 63.2 Å². The molecule has 0 unspecified atom stereocenters. The molecule has 4 N–H and O–H groups in total. The van der Waals surface area contributed by atoms with Gasteiger partial charge in [0.25, 0.3) is 5.91 Å². The van der Waals surface area contributed by atoms with E-state index in [2.05, 4.69) is 10.6 Å². The molecule has 180 valence electrons. The summed E-state index contributed by atoms with van der Waals surface area (Å²) in [5, 5.41) is 16.9. The Balaban J connectivity index is 2.42. The predicted octanol–water partition coefficient (Wildman–Crippen LogP) is 2.58. The maximum absolute atomic E-state index is 13.5. The van der Waals surface area contributed by atoms with E-state index in [4.69, 9.17) is 4.74 Å². The minimum absolute atomic E-state index is 0.165. The average Bonchev–Trinajstić information content (AvgIpc) is 2.78. The van der Waals surface area contributed by atoms with Gasteiger partial charge in [0.05, 0.1) is 5.92 Å². The van der Waals surface area contributed by atoms with E-state index < -0.39 is 35.3 Å². The number of carbonyl (C=O) groups is 3. The maximum Gasteiger partial charge on any atom is 0.273 e. The SMILES string of the molecule is CCNC(=O)[C@@H](NC(=O)[C@H](Cc1ccc2ccccc2c1)[C@H](OCC)C(=O)NO)C(C)(C)C. The van der Waals surface area contributed by atoms with Gasteiger partial charge < -0.3 is 15.4 Å². The molecule has 0 aliphatic carbocycles. The van der Waals surface area contributed by atoms with Crippen LogP contribution in [0.15, 0.2) is 42.5 Å². The Kier molecular flexibility index (Phi) is 9.37. The molecule has 8 heteroatoms. The molecule has 0 bridgehead atoms. The van der Waals surface area contributed by atoms with Crippen molar-refractivity contribution in [3.63, 3.8) is 0 Å². The Hall–Kier alpha value is -2.97. The molecule has 2 aromatic carbocycles. The van der Waals surface area contributed by atoms with Crippen LogP contribution in [0.2, 0.25) is 0 Å². The van der Waals surface area contributed by atoms with Gasteiger partial charge in [0.15, 0.2) is 0 Å². The molecule has 33 heavy (non-hydrogen) atoms. The minimum atomic E-state index is -1.23. The standard InChI is InChI=1S/C25H35N3O5/c1-6-26-24(31)21(25(3,4)5)27-22(29)19(20(33-7-2)23(30)28-32)15-16-12-13-17-10-8-9-11-18(17)14-16/h8-14,19-21,32H,6-7,15H2,1-5H3,(H,26,31)(H,27,29)(H,28,30)/t19-,20+,21-/m1/s1. The molecule has 0 heterocycles. The first-order valence-electron chi connectivity index (χ1n) is 11.2. The van der Waals surface area contributed by atoms with Crippen LogP contribution in [0.3, 0.4) is 0 Å². The third-order valence-corrected chi connectivity index (χ3v) is 5.45. The highest BCUT2D eigenvalue weighted by molar-refractivity contribution is 5.93. The lowest BCUT2D eigenvalue weighted by atomic mass is 9.84. The van der Waals surface area contributed by atoms with Crippen LogP contribution in [0.5, 0.6) is 0 Å². The van der Waals surface area contributed by atoms with Crippen molar-refractivity contribution in [2.24, 2.45) is 11.3 Å². The Labute approximate surface area is 195 Å². The number of amides is 3. The molecule has 2 rings (SSSR count). The topological polar surface area (TPSA) is 117 Å². The predicted molar refractivity (Wildman–Crippen MR) is 127 cm³/mol. The summed E-state index contributed by atoms with van der Waals surface area (Å²) in [7, 11) is 0. The van der Waals surface area contributed by atoms with Gasteiger partial charge in [-0.1, -0.05) is 63.2 Å². The van der Waals surface area contributed by atoms with Crippen LogP contribution < -0.4 is 16.1 Å². The minimum Gasteiger partial charge on any atom is -0.368 e. The summed E-state index contributed by atoms with van der Waals surface area (Å²) in [4.78, 5) is 38.6. The van der Waals surface area contributed by atoms with E-state index in [0.29, 0.717) is 6.54 Å². The molecule has 0 fully saturated rings. The van der Waals surface area contributed by atoms with Crippen LogP contribution in [0.25, 0.3) is 10.8 Å². The molecule has 0 aliphatic rings. The number of carbonyl (C=O) groups excluding carboxylic acids is 3. The first kappa shape index (κ1) is 26.3. The van der Waals surface area contributed by atoms with Gasteiger partial charge in [-0.05, 0) is 42.0 Å². The van der Waals surface area contributed by atoms with Crippen molar-refractivity contribution >= 4 is 28.5 Å². The highest BCUT2D eigenvalue weighted by Gasteiger charge is 2.39. The van der Waals surface area contributed by atoms with Crippen LogP contribution in [0.4, 0.5) is 0 Å². The number of nitrogens with one attached hydrogen (secondary N) is 3. The Bertz CT molecular complexity index is 970. The number of ether oxygens (including phenoxy) is 1. The Morgan fingerprint density at radius 2 is 1.64 bits per heavy atom. The van der Waals surface area contributed by atoms with Crippen molar-refractivity contribution in [3.8, 4) is 0 Å². The molecule has 0 spiro atoms. The van der Waals surface area contributed by atoms with Gasteiger partial charge in [-0.15, -0.1) is 0 Å². The number of likely N-dealkylation sites (N-methyl/N-ethyl adjacent to an activating group) is 1. The largest absolute Gasteiger partial charge is 0.368 e. The number of hydrogen-bond donors (Lipinski definition) is 4. The van der Waals surface area contributed by atoms with Crippen molar-refractivity contribution in [1.29, 1.82) is 0 Å². The second kappa shape index (κ2) is 11.8.